The number of nitrogens with zero attached hydrogens (tertiary/aromatic N) is 3. The predicted molar refractivity (Wildman–Crippen MR) is 82.8 cm³/mol. The lowest BCUT2D eigenvalue weighted by atomic mass is 10.2. The average molecular weight is 313 g/mol. The van der Waals surface area contributed by atoms with Gasteiger partial charge in [-0.15, -0.1) is 5.10 Å². The van der Waals surface area contributed by atoms with E-state index in [-0.39, 0.29) is 19.0 Å². The number of aryl methyl sites for hydroxylation is 1. The van der Waals surface area contributed by atoms with Gasteiger partial charge in [-0.05, 0) is 43.3 Å². The van der Waals surface area contributed by atoms with Crippen LogP contribution >= 0.6 is 0 Å². The van der Waals surface area contributed by atoms with E-state index in [4.69, 9.17) is 4.74 Å². The Morgan fingerprint density at radius 2 is 1.78 bits per heavy atom. The second kappa shape index (κ2) is 6.58. The van der Waals surface area contributed by atoms with Crippen molar-refractivity contribution in [3.8, 4) is 11.4 Å². The Morgan fingerprint density at radius 3 is 2.43 bits per heavy atom. The minimum absolute atomic E-state index is 0.198. The molecule has 0 fully saturated rings. The Hall–Kier alpha value is -2.73. The van der Waals surface area contributed by atoms with Crippen molar-refractivity contribution in [1.82, 2.24) is 15.0 Å². The number of aliphatic hydroxyl groups excluding tert-OH is 1. The van der Waals surface area contributed by atoms with Gasteiger partial charge in [0.05, 0.1) is 12.3 Å². The van der Waals surface area contributed by atoms with Crippen LogP contribution in [0.3, 0.4) is 0 Å². The second-order valence-corrected chi connectivity index (χ2v) is 5.13. The molecule has 0 saturated heterocycles. The number of halogens is 1. The highest BCUT2D eigenvalue weighted by atomic mass is 19.1. The SMILES string of the molecule is Cc1ccc(OCc2c(CO)nnn2-c2ccc(F)cc2)cc1. The van der Waals surface area contributed by atoms with Gasteiger partial charge in [-0.25, -0.2) is 9.07 Å². The molecule has 3 aromatic rings. The number of ether oxygens (including phenoxy) is 1. The van der Waals surface area contributed by atoms with Crippen LogP contribution in [-0.2, 0) is 13.2 Å². The van der Waals surface area contributed by atoms with E-state index in [0.717, 1.165) is 5.56 Å². The molecule has 0 atom stereocenters. The van der Waals surface area contributed by atoms with Crippen molar-refractivity contribution in [3.05, 3.63) is 71.3 Å². The number of hydrogen-bond acceptors (Lipinski definition) is 4. The molecule has 3 rings (SSSR count). The Bertz CT molecular complexity index is 783. The van der Waals surface area contributed by atoms with E-state index in [1.54, 1.807) is 16.8 Å². The summed E-state index contributed by atoms with van der Waals surface area (Å²) in [4.78, 5) is 0. The maximum Gasteiger partial charge on any atom is 0.132 e. The molecule has 1 N–H and O–H groups in total. The van der Waals surface area contributed by atoms with Crippen LogP contribution < -0.4 is 4.74 Å². The van der Waals surface area contributed by atoms with Crippen molar-refractivity contribution in [2.24, 2.45) is 0 Å². The van der Waals surface area contributed by atoms with Crippen LogP contribution in [0.25, 0.3) is 5.69 Å². The fourth-order valence-electron chi connectivity index (χ4n) is 2.18. The lowest BCUT2D eigenvalue weighted by Gasteiger charge is -2.10. The molecular weight excluding hydrogens is 297 g/mol. The van der Waals surface area contributed by atoms with E-state index in [1.807, 2.05) is 31.2 Å². The number of aromatic nitrogens is 3. The Labute approximate surface area is 133 Å². The quantitative estimate of drug-likeness (QED) is 0.787. The number of hydrogen-bond donors (Lipinski definition) is 1. The molecule has 0 unspecified atom stereocenters. The molecule has 0 saturated carbocycles. The molecular formula is C17H16FN3O2. The topological polar surface area (TPSA) is 60.2 Å². The minimum atomic E-state index is -0.325. The van der Waals surface area contributed by atoms with Crippen molar-refractivity contribution in [1.29, 1.82) is 0 Å². The van der Waals surface area contributed by atoms with Gasteiger partial charge in [0.15, 0.2) is 0 Å². The summed E-state index contributed by atoms with van der Waals surface area (Å²) in [5.41, 5.74) is 2.86. The van der Waals surface area contributed by atoms with E-state index in [0.29, 0.717) is 22.8 Å². The monoisotopic (exact) mass is 313 g/mol. The second-order valence-electron chi connectivity index (χ2n) is 5.13. The number of aliphatic hydroxyl groups is 1. The van der Waals surface area contributed by atoms with Crippen LogP contribution in [-0.4, -0.2) is 20.1 Å². The lowest BCUT2D eigenvalue weighted by Crippen LogP contribution is -2.08. The first-order valence-corrected chi connectivity index (χ1v) is 7.17. The summed E-state index contributed by atoms with van der Waals surface area (Å²) in [6.45, 7) is 1.96. The average Bonchev–Trinajstić information content (AvgIpc) is 2.98. The Kier molecular flexibility index (Phi) is 4.34. The smallest absolute Gasteiger partial charge is 0.132 e. The van der Waals surface area contributed by atoms with Crippen molar-refractivity contribution in [2.45, 2.75) is 20.1 Å². The zero-order valence-corrected chi connectivity index (χ0v) is 12.6. The van der Waals surface area contributed by atoms with Crippen molar-refractivity contribution in [2.75, 3.05) is 0 Å². The summed E-state index contributed by atoms with van der Waals surface area (Å²) < 4.78 is 20.4. The molecule has 6 heteroatoms. The van der Waals surface area contributed by atoms with Crippen molar-refractivity contribution >= 4 is 0 Å². The molecule has 0 aliphatic heterocycles. The van der Waals surface area contributed by atoms with Gasteiger partial charge in [0.25, 0.3) is 0 Å². The molecule has 23 heavy (non-hydrogen) atoms. The molecule has 0 amide bonds. The molecule has 0 spiro atoms. The standard InChI is InChI=1S/C17H16FN3O2/c1-12-2-8-15(9-3-12)23-11-17-16(10-22)19-20-21(17)14-6-4-13(18)5-7-14/h2-9,22H,10-11H2,1H3. The molecule has 1 aromatic heterocycles. The molecule has 5 nitrogen and oxygen atoms in total. The molecule has 2 aromatic carbocycles. The van der Waals surface area contributed by atoms with E-state index in [9.17, 15) is 9.50 Å². The van der Waals surface area contributed by atoms with Crippen molar-refractivity contribution in [3.63, 3.8) is 0 Å². The van der Waals surface area contributed by atoms with Gasteiger partial charge in [0.1, 0.15) is 29.6 Å². The van der Waals surface area contributed by atoms with Gasteiger partial charge in [0.2, 0.25) is 0 Å². The number of benzene rings is 2. The molecule has 0 aliphatic rings. The third-order valence-corrected chi connectivity index (χ3v) is 3.46. The summed E-state index contributed by atoms with van der Waals surface area (Å²) >= 11 is 0. The van der Waals surface area contributed by atoms with Gasteiger partial charge in [-0.3, -0.25) is 0 Å². The molecule has 1 heterocycles. The summed E-state index contributed by atoms with van der Waals surface area (Å²) in [5.74, 6) is 0.389. The first-order valence-electron chi connectivity index (χ1n) is 7.17. The van der Waals surface area contributed by atoms with Crippen LogP contribution in [0.4, 0.5) is 4.39 Å². The van der Waals surface area contributed by atoms with Crippen molar-refractivity contribution < 1.29 is 14.2 Å². The van der Waals surface area contributed by atoms with Gasteiger partial charge in [0, 0.05) is 0 Å². The molecule has 0 radical (unpaired) electrons. The first-order chi connectivity index (χ1) is 11.2. The van der Waals surface area contributed by atoms with Crippen LogP contribution in [0.5, 0.6) is 5.75 Å². The largest absolute Gasteiger partial charge is 0.487 e. The van der Waals surface area contributed by atoms with E-state index in [1.165, 1.54) is 12.1 Å². The van der Waals surface area contributed by atoms with Crippen LogP contribution in [0.1, 0.15) is 17.0 Å². The fourth-order valence-corrected chi connectivity index (χ4v) is 2.18. The van der Waals surface area contributed by atoms with Gasteiger partial charge in [-0.1, -0.05) is 22.9 Å². The Morgan fingerprint density at radius 1 is 1.09 bits per heavy atom. The maximum atomic E-state index is 13.1. The predicted octanol–water partition coefficient (Wildman–Crippen LogP) is 2.79. The van der Waals surface area contributed by atoms with Crippen LogP contribution in [0.2, 0.25) is 0 Å². The van der Waals surface area contributed by atoms with Gasteiger partial charge in [-0.2, -0.15) is 0 Å². The highest BCUT2D eigenvalue weighted by molar-refractivity contribution is 5.34. The third kappa shape index (κ3) is 3.37. The van der Waals surface area contributed by atoms with E-state index in [2.05, 4.69) is 10.3 Å². The van der Waals surface area contributed by atoms with Crippen LogP contribution in [0.15, 0.2) is 48.5 Å². The highest BCUT2D eigenvalue weighted by Crippen LogP contribution is 2.18. The summed E-state index contributed by atoms with van der Waals surface area (Å²) in [6.07, 6.45) is 0. The fraction of sp³-hybridized carbons (Fsp3) is 0.176. The molecule has 0 bridgehead atoms. The summed E-state index contributed by atoms with van der Waals surface area (Å²) in [6, 6.07) is 13.6. The minimum Gasteiger partial charge on any atom is -0.487 e. The maximum absolute atomic E-state index is 13.1. The van der Waals surface area contributed by atoms with Gasteiger partial charge < -0.3 is 9.84 Å². The number of rotatable bonds is 5. The lowest BCUT2D eigenvalue weighted by molar-refractivity contribution is 0.263. The summed E-state index contributed by atoms with van der Waals surface area (Å²) in [5, 5.41) is 17.4. The van der Waals surface area contributed by atoms with E-state index < -0.39 is 0 Å². The van der Waals surface area contributed by atoms with Crippen LogP contribution in [0, 0.1) is 12.7 Å². The molecule has 0 aliphatic carbocycles. The summed E-state index contributed by atoms with van der Waals surface area (Å²) in [7, 11) is 0. The highest BCUT2D eigenvalue weighted by Gasteiger charge is 2.14. The zero-order valence-electron chi connectivity index (χ0n) is 12.6. The normalized spacial score (nSPS) is 10.7. The van der Waals surface area contributed by atoms with Gasteiger partial charge >= 0.3 is 0 Å². The zero-order chi connectivity index (χ0) is 16.2. The Balaban J connectivity index is 1.86. The third-order valence-electron chi connectivity index (χ3n) is 3.46. The first kappa shape index (κ1) is 15.2. The molecule has 118 valence electrons. The van der Waals surface area contributed by atoms with E-state index >= 15 is 0 Å².